The van der Waals surface area contributed by atoms with E-state index >= 15 is 0 Å². The van der Waals surface area contributed by atoms with Crippen LogP contribution >= 0.6 is 0 Å². The van der Waals surface area contributed by atoms with Crippen molar-refractivity contribution < 1.29 is 18.0 Å². The molecule has 0 atom stereocenters. The number of amides is 1. The summed E-state index contributed by atoms with van der Waals surface area (Å²) in [6, 6.07) is 6.08. The number of halogens is 3. The Hall–Kier alpha value is -2.90. The SMILES string of the molecule is CC(C)n1ncc2cc(NC(=O)c3cccc(C(F)(F)F)c3)cnc21. The minimum absolute atomic E-state index is 0.0761. The second kappa shape index (κ2) is 6.19. The number of rotatable bonds is 3. The molecular weight excluding hydrogens is 333 g/mol. The maximum Gasteiger partial charge on any atom is 0.416 e. The Labute approximate surface area is 141 Å². The fraction of sp³-hybridized carbons (Fsp3) is 0.235. The van der Waals surface area contributed by atoms with Crippen molar-refractivity contribution in [2.75, 3.05) is 5.32 Å². The average molecular weight is 348 g/mol. The molecule has 0 fully saturated rings. The van der Waals surface area contributed by atoms with Gasteiger partial charge in [0, 0.05) is 17.0 Å². The van der Waals surface area contributed by atoms with Crippen molar-refractivity contribution in [1.29, 1.82) is 0 Å². The third-order valence-electron chi connectivity index (χ3n) is 3.63. The zero-order chi connectivity index (χ0) is 18.2. The van der Waals surface area contributed by atoms with Gasteiger partial charge in [0.25, 0.3) is 5.91 Å². The third-order valence-corrected chi connectivity index (χ3v) is 3.63. The monoisotopic (exact) mass is 348 g/mol. The number of nitrogens with one attached hydrogen (secondary N) is 1. The number of carbonyl (C=O) groups is 1. The molecule has 1 aromatic carbocycles. The number of anilines is 1. The van der Waals surface area contributed by atoms with Gasteiger partial charge in [0.05, 0.1) is 23.6 Å². The van der Waals surface area contributed by atoms with Gasteiger partial charge in [-0.1, -0.05) is 6.07 Å². The van der Waals surface area contributed by atoms with Gasteiger partial charge in [-0.05, 0) is 38.1 Å². The fourth-order valence-electron chi connectivity index (χ4n) is 2.43. The summed E-state index contributed by atoms with van der Waals surface area (Å²) in [6.45, 7) is 3.94. The normalized spacial score (nSPS) is 11.9. The lowest BCUT2D eigenvalue weighted by atomic mass is 10.1. The van der Waals surface area contributed by atoms with Crippen LogP contribution in [0.2, 0.25) is 0 Å². The highest BCUT2D eigenvalue weighted by Crippen LogP contribution is 2.29. The van der Waals surface area contributed by atoms with Gasteiger partial charge >= 0.3 is 6.18 Å². The van der Waals surface area contributed by atoms with Gasteiger partial charge < -0.3 is 5.32 Å². The van der Waals surface area contributed by atoms with Crippen LogP contribution in [0.1, 0.15) is 35.8 Å². The lowest BCUT2D eigenvalue weighted by Crippen LogP contribution is -2.14. The van der Waals surface area contributed by atoms with Crippen LogP contribution < -0.4 is 5.32 Å². The van der Waals surface area contributed by atoms with E-state index in [-0.39, 0.29) is 11.6 Å². The van der Waals surface area contributed by atoms with E-state index in [1.807, 2.05) is 13.8 Å². The maximum atomic E-state index is 12.7. The van der Waals surface area contributed by atoms with Gasteiger partial charge in [-0.3, -0.25) is 4.79 Å². The molecule has 0 unspecified atom stereocenters. The van der Waals surface area contributed by atoms with Crippen LogP contribution in [0.3, 0.4) is 0 Å². The van der Waals surface area contributed by atoms with Crippen LogP contribution in [0, 0.1) is 0 Å². The summed E-state index contributed by atoms with van der Waals surface area (Å²) in [7, 11) is 0. The molecule has 0 spiro atoms. The summed E-state index contributed by atoms with van der Waals surface area (Å²) in [5.74, 6) is -0.636. The molecule has 1 N–H and O–H groups in total. The van der Waals surface area contributed by atoms with Crippen molar-refractivity contribution >= 4 is 22.6 Å². The lowest BCUT2D eigenvalue weighted by molar-refractivity contribution is -0.137. The number of carbonyl (C=O) groups excluding carboxylic acids is 1. The van der Waals surface area contributed by atoms with E-state index in [1.54, 1.807) is 16.9 Å². The van der Waals surface area contributed by atoms with Gasteiger partial charge in [-0.25, -0.2) is 9.67 Å². The van der Waals surface area contributed by atoms with E-state index in [0.29, 0.717) is 11.3 Å². The second-order valence-corrected chi connectivity index (χ2v) is 5.85. The highest BCUT2D eigenvalue weighted by molar-refractivity contribution is 6.04. The van der Waals surface area contributed by atoms with Gasteiger partial charge in [-0.15, -0.1) is 0 Å². The predicted molar refractivity (Wildman–Crippen MR) is 87.3 cm³/mol. The van der Waals surface area contributed by atoms with Crippen molar-refractivity contribution in [2.45, 2.75) is 26.1 Å². The molecule has 0 bridgehead atoms. The van der Waals surface area contributed by atoms with E-state index in [0.717, 1.165) is 17.5 Å². The molecule has 1 amide bonds. The Kier molecular flexibility index (Phi) is 4.20. The summed E-state index contributed by atoms with van der Waals surface area (Å²) in [5.41, 5.74) is 0.116. The first kappa shape index (κ1) is 16.9. The van der Waals surface area contributed by atoms with Crippen LogP contribution in [-0.2, 0) is 6.18 Å². The molecule has 130 valence electrons. The number of nitrogens with zero attached hydrogens (tertiary/aromatic N) is 3. The molecule has 0 aliphatic carbocycles. The number of fused-ring (bicyclic) bond motifs is 1. The van der Waals surface area contributed by atoms with E-state index in [9.17, 15) is 18.0 Å². The molecule has 3 rings (SSSR count). The highest BCUT2D eigenvalue weighted by Gasteiger charge is 2.30. The topological polar surface area (TPSA) is 59.8 Å². The Morgan fingerprint density at radius 3 is 2.64 bits per heavy atom. The van der Waals surface area contributed by atoms with Crippen LogP contribution in [0.25, 0.3) is 11.0 Å². The van der Waals surface area contributed by atoms with Crippen molar-refractivity contribution in [1.82, 2.24) is 14.8 Å². The first-order chi connectivity index (χ1) is 11.8. The minimum Gasteiger partial charge on any atom is -0.321 e. The summed E-state index contributed by atoms with van der Waals surface area (Å²) < 4.78 is 40.0. The summed E-state index contributed by atoms with van der Waals surface area (Å²) in [5, 5.41) is 7.52. The van der Waals surface area contributed by atoms with Crippen LogP contribution in [0.4, 0.5) is 18.9 Å². The van der Waals surface area contributed by atoms with E-state index in [1.165, 1.54) is 18.3 Å². The van der Waals surface area contributed by atoms with Crippen molar-refractivity contribution in [3.8, 4) is 0 Å². The Morgan fingerprint density at radius 1 is 1.20 bits per heavy atom. The molecule has 2 heterocycles. The summed E-state index contributed by atoms with van der Waals surface area (Å²) in [4.78, 5) is 16.5. The molecule has 3 aromatic rings. The Balaban J connectivity index is 1.85. The smallest absolute Gasteiger partial charge is 0.321 e. The molecule has 5 nitrogen and oxygen atoms in total. The maximum absolute atomic E-state index is 12.7. The molecule has 0 aliphatic heterocycles. The van der Waals surface area contributed by atoms with Gasteiger partial charge in [0.1, 0.15) is 0 Å². The first-order valence-corrected chi connectivity index (χ1v) is 7.57. The lowest BCUT2D eigenvalue weighted by Gasteiger charge is -2.10. The average Bonchev–Trinajstić information content (AvgIpc) is 2.97. The van der Waals surface area contributed by atoms with Gasteiger partial charge in [-0.2, -0.15) is 18.3 Å². The van der Waals surface area contributed by atoms with Crippen LogP contribution in [0.15, 0.2) is 42.7 Å². The number of aromatic nitrogens is 3. The first-order valence-electron chi connectivity index (χ1n) is 7.57. The van der Waals surface area contributed by atoms with Crippen molar-refractivity contribution in [2.24, 2.45) is 0 Å². The standard InChI is InChI=1S/C17H15F3N4O/c1-10(2)24-15-12(8-22-24)7-14(9-21-15)23-16(25)11-4-3-5-13(6-11)17(18,19)20/h3-10H,1-2H3,(H,23,25). The predicted octanol–water partition coefficient (Wildman–Crippen LogP) is 4.28. The third kappa shape index (κ3) is 3.47. The molecule has 0 radical (unpaired) electrons. The number of benzene rings is 1. The Bertz CT molecular complexity index is 931. The van der Waals surface area contributed by atoms with E-state index in [4.69, 9.17) is 0 Å². The van der Waals surface area contributed by atoms with Gasteiger partial charge in [0.2, 0.25) is 0 Å². The quantitative estimate of drug-likeness (QED) is 0.768. The van der Waals surface area contributed by atoms with Gasteiger partial charge in [0.15, 0.2) is 5.65 Å². The fourth-order valence-corrected chi connectivity index (χ4v) is 2.43. The molecule has 0 saturated carbocycles. The molecule has 25 heavy (non-hydrogen) atoms. The highest BCUT2D eigenvalue weighted by atomic mass is 19.4. The van der Waals surface area contributed by atoms with E-state index < -0.39 is 17.6 Å². The molecule has 0 saturated heterocycles. The van der Waals surface area contributed by atoms with Crippen LogP contribution in [-0.4, -0.2) is 20.7 Å². The summed E-state index contributed by atoms with van der Waals surface area (Å²) in [6.07, 6.45) is -1.42. The van der Waals surface area contributed by atoms with Crippen molar-refractivity contribution in [3.05, 3.63) is 53.9 Å². The zero-order valence-electron chi connectivity index (χ0n) is 13.5. The van der Waals surface area contributed by atoms with Crippen LogP contribution in [0.5, 0.6) is 0 Å². The molecule has 8 heteroatoms. The number of hydrogen-bond donors (Lipinski definition) is 1. The number of hydrogen-bond acceptors (Lipinski definition) is 3. The van der Waals surface area contributed by atoms with E-state index in [2.05, 4.69) is 15.4 Å². The Morgan fingerprint density at radius 2 is 1.96 bits per heavy atom. The molecule has 0 aliphatic rings. The molecule has 2 aromatic heterocycles. The number of alkyl halides is 3. The number of pyridine rings is 1. The largest absolute Gasteiger partial charge is 0.416 e. The molecular formula is C17H15F3N4O. The second-order valence-electron chi connectivity index (χ2n) is 5.85. The van der Waals surface area contributed by atoms with Crippen molar-refractivity contribution in [3.63, 3.8) is 0 Å². The summed E-state index contributed by atoms with van der Waals surface area (Å²) >= 11 is 0. The zero-order valence-corrected chi connectivity index (χ0v) is 13.5. The minimum atomic E-state index is -4.50.